The molecule has 8 nitrogen and oxygen atoms in total. The molecule has 11 heteroatoms. The predicted octanol–water partition coefficient (Wildman–Crippen LogP) is 2.72. The van der Waals surface area contributed by atoms with Crippen molar-refractivity contribution in [2.75, 3.05) is 31.6 Å². The van der Waals surface area contributed by atoms with Crippen molar-refractivity contribution in [2.45, 2.75) is 32.6 Å². The van der Waals surface area contributed by atoms with Crippen molar-refractivity contribution in [3.63, 3.8) is 0 Å². The number of H-pyrrole nitrogens is 1. The van der Waals surface area contributed by atoms with Crippen LogP contribution < -0.4 is 15.8 Å². The number of nitrogens with one attached hydrogen (secondary N) is 2. The second kappa shape index (κ2) is 9.05. The number of carbonyl (C=O) groups excluding carboxylic acids is 1. The van der Waals surface area contributed by atoms with Crippen molar-refractivity contribution in [3.05, 3.63) is 63.3 Å². The largest absolute Gasteiger partial charge is 0.422 e. The number of alkyl halides is 3. The third-order valence-electron chi connectivity index (χ3n) is 6.16. The Kier molecular flexibility index (Phi) is 6.30. The fourth-order valence-electron chi connectivity index (χ4n) is 4.34. The van der Waals surface area contributed by atoms with E-state index in [1.54, 1.807) is 31.6 Å². The van der Waals surface area contributed by atoms with Crippen LogP contribution in [0.4, 0.5) is 18.9 Å². The zero-order chi connectivity index (χ0) is 24.6. The number of amides is 1. The van der Waals surface area contributed by atoms with Gasteiger partial charge < -0.3 is 15.2 Å². The van der Waals surface area contributed by atoms with Crippen LogP contribution >= 0.6 is 0 Å². The maximum atomic E-state index is 13.2. The van der Waals surface area contributed by atoms with E-state index in [1.165, 1.54) is 6.92 Å². The Morgan fingerprint density at radius 2 is 2.00 bits per heavy atom. The normalized spacial score (nSPS) is 17.2. The number of anilines is 1. The molecule has 0 spiro atoms. The molecule has 1 aliphatic rings. The highest BCUT2D eigenvalue weighted by molar-refractivity contribution is 5.92. The minimum absolute atomic E-state index is 0.140. The third kappa shape index (κ3) is 4.60. The van der Waals surface area contributed by atoms with Gasteiger partial charge in [-0.2, -0.15) is 13.2 Å². The molecule has 1 saturated heterocycles. The molecule has 4 rings (SSSR count). The van der Waals surface area contributed by atoms with Crippen molar-refractivity contribution in [2.24, 2.45) is 0 Å². The Labute approximate surface area is 193 Å². The van der Waals surface area contributed by atoms with Gasteiger partial charge in [-0.05, 0) is 43.2 Å². The van der Waals surface area contributed by atoms with E-state index in [-0.39, 0.29) is 23.0 Å². The lowest BCUT2D eigenvalue weighted by Crippen LogP contribution is -2.51. The van der Waals surface area contributed by atoms with Crippen LogP contribution in [0.5, 0.6) is 0 Å². The number of nitrogens with zero attached hydrogens (tertiary/aromatic N) is 4. The second-order valence-electron chi connectivity index (χ2n) is 8.44. The Hall–Kier alpha value is -3.47. The Balaban J connectivity index is 1.48. The second-order valence-corrected chi connectivity index (χ2v) is 8.44. The summed E-state index contributed by atoms with van der Waals surface area (Å²) in [6, 6.07) is 5.44. The standard InChI is InChI=1S/C23H25F3N6O2/c1-13-11-32(16-4-5-17(28-10-16)21(33)27-3)7-6-31(13)12-15-8-18-20(29-9-15)14(2)19(22(34)30-18)23(24,25)26/h4-5,8-10,13H,6-7,11-12H2,1-3H3,(H,27,33)(H,30,34). The molecule has 1 unspecified atom stereocenters. The first-order valence-electron chi connectivity index (χ1n) is 10.8. The first kappa shape index (κ1) is 23.7. The number of hydrogen-bond acceptors (Lipinski definition) is 6. The van der Waals surface area contributed by atoms with E-state index in [1.807, 2.05) is 6.07 Å². The topological polar surface area (TPSA) is 94.2 Å². The molecule has 180 valence electrons. The number of aromatic nitrogens is 3. The van der Waals surface area contributed by atoms with Gasteiger partial charge in [0.2, 0.25) is 0 Å². The van der Waals surface area contributed by atoms with Gasteiger partial charge >= 0.3 is 6.18 Å². The van der Waals surface area contributed by atoms with Crippen LogP contribution in [-0.4, -0.2) is 58.5 Å². The highest BCUT2D eigenvalue weighted by Gasteiger charge is 2.37. The highest BCUT2D eigenvalue weighted by atomic mass is 19.4. The summed E-state index contributed by atoms with van der Waals surface area (Å²) in [4.78, 5) is 39.0. The summed E-state index contributed by atoms with van der Waals surface area (Å²) in [7, 11) is 1.56. The molecular weight excluding hydrogens is 449 g/mol. The van der Waals surface area contributed by atoms with E-state index in [4.69, 9.17) is 0 Å². The van der Waals surface area contributed by atoms with Crippen molar-refractivity contribution in [1.82, 2.24) is 25.2 Å². The van der Waals surface area contributed by atoms with Gasteiger partial charge in [-0.15, -0.1) is 0 Å². The molecule has 0 saturated carbocycles. The van der Waals surface area contributed by atoms with Crippen molar-refractivity contribution < 1.29 is 18.0 Å². The van der Waals surface area contributed by atoms with Gasteiger partial charge in [0.05, 0.1) is 22.9 Å². The van der Waals surface area contributed by atoms with E-state index in [9.17, 15) is 22.8 Å². The number of pyridine rings is 3. The molecule has 3 aromatic rings. The molecule has 2 N–H and O–H groups in total. The maximum absolute atomic E-state index is 13.2. The number of halogens is 3. The minimum atomic E-state index is -4.74. The van der Waals surface area contributed by atoms with Crippen LogP contribution in [0.1, 0.15) is 34.1 Å². The zero-order valence-corrected chi connectivity index (χ0v) is 19.0. The lowest BCUT2D eigenvalue weighted by atomic mass is 10.1. The Bertz CT molecular complexity index is 1270. The van der Waals surface area contributed by atoms with E-state index >= 15 is 0 Å². The molecule has 0 aliphatic carbocycles. The summed E-state index contributed by atoms with van der Waals surface area (Å²) < 4.78 is 39.6. The lowest BCUT2D eigenvalue weighted by molar-refractivity contribution is -0.139. The summed E-state index contributed by atoms with van der Waals surface area (Å²) in [5.41, 5.74) is -0.00687. The van der Waals surface area contributed by atoms with Crippen molar-refractivity contribution >= 4 is 22.6 Å². The fourth-order valence-corrected chi connectivity index (χ4v) is 4.34. The van der Waals surface area contributed by atoms with Crippen LogP contribution in [0.15, 0.2) is 35.4 Å². The van der Waals surface area contributed by atoms with Crippen LogP contribution in [0, 0.1) is 6.92 Å². The number of rotatable bonds is 4. The van der Waals surface area contributed by atoms with E-state index in [0.29, 0.717) is 17.8 Å². The Morgan fingerprint density at radius 1 is 1.24 bits per heavy atom. The van der Waals surface area contributed by atoms with Gasteiger partial charge in [-0.1, -0.05) is 0 Å². The summed E-state index contributed by atoms with van der Waals surface area (Å²) in [5.74, 6) is -0.236. The summed E-state index contributed by atoms with van der Waals surface area (Å²) in [6.07, 6.45) is -1.48. The molecule has 4 heterocycles. The van der Waals surface area contributed by atoms with Gasteiger partial charge in [0, 0.05) is 45.5 Å². The SMILES string of the molecule is CNC(=O)c1ccc(N2CCN(Cc3cnc4c(C)c(C(F)(F)F)c(=O)[nH]c4c3)C(C)C2)cn1. The first-order valence-corrected chi connectivity index (χ1v) is 10.8. The van der Waals surface area contributed by atoms with Gasteiger partial charge in [-0.3, -0.25) is 19.5 Å². The molecule has 1 amide bonds. The number of aryl methyl sites for hydroxylation is 1. The fraction of sp³-hybridized carbons (Fsp3) is 0.391. The molecule has 0 radical (unpaired) electrons. The third-order valence-corrected chi connectivity index (χ3v) is 6.16. The monoisotopic (exact) mass is 474 g/mol. The van der Waals surface area contributed by atoms with Crippen LogP contribution in [0.2, 0.25) is 0 Å². The number of carbonyl (C=O) groups is 1. The molecule has 0 aromatic carbocycles. The van der Waals surface area contributed by atoms with E-state index < -0.39 is 17.3 Å². The highest BCUT2D eigenvalue weighted by Crippen LogP contribution is 2.31. The molecule has 1 atom stereocenters. The minimum Gasteiger partial charge on any atom is -0.367 e. The summed E-state index contributed by atoms with van der Waals surface area (Å²) in [5, 5.41) is 2.55. The molecular formula is C23H25F3N6O2. The van der Waals surface area contributed by atoms with Crippen molar-refractivity contribution in [1.29, 1.82) is 0 Å². The molecule has 1 fully saturated rings. The van der Waals surface area contributed by atoms with E-state index in [0.717, 1.165) is 30.9 Å². The number of aromatic amines is 1. The first-order chi connectivity index (χ1) is 16.1. The van der Waals surface area contributed by atoms with Crippen LogP contribution in [-0.2, 0) is 12.7 Å². The van der Waals surface area contributed by atoms with Gasteiger partial charge in [0.25, 0.3) is 11.5 Å². The molecule has 1 aliphatic heterocycles. The number of hydrogen-bond donors (Lipinski definition) is 2. The quantitative estimate of drug-likeness (QED) is 0.604. The maximum Gasteiger partial charge on any atom is 0.422 e. The smallest absolute Gasteiger partial charge is 0.367 e. The summed E-state index contributed by atoms with van der Waals surface area (Å²) in [6.45, 7) is 6.15. The Morgan fingerprint density at radius 3 is 2.62 bits per heavy atom. The molecule has 3 aromatic heterocycles. The van der Waals surface area contributed by atoms with Gasteiger partial charge in [0.1, 0.15) is 11.3 Å². The molecule has 0 bridgehead atoms. The number of fused-ring (bicyclic) bond motifs is 1. The average molecular weight is 474 g/mol. The lowest BCUT2D eigenvalue weighted by Gasteiger charge is -2.41. The van der Waals surface area contributed by atoms with Crippen molar-refractivity contribution in [3.8, 4) is 0 Å². The van der Waals surface area contributed by atoms with Gasteiger partial charge in [-0.25, -0.2) is 4.98 Å². The predicted molar refractivity (Wildman–Crippen MR) is 122 cm³/mol. The number of piperazine rings is 1. The zero-order valence-electron chi connectivity index (χ0n) is 19.0. The van der Waals surface area contributed by atoms with Crippen LogP contribution in [0.3, 0.4) is 0 Å². The average Bonchev–Trinajstić information content (AvgIpc) is 2.79. The summed E-state index contributed by atoms with van der Waals surface area (Å²) >= 11 is 0. The molecule has 34 heavy (non-hydrogen) atoms. The van der Waals surface area contributed by atoms with E-state index in [2.05, 4.69) is 37.0 Å². The van der Waals surface area contributed by atoms with Crippen LogP contribution in [0.25, 0.3) is 11.0 Å². The van der Waals surface area contributed by atoms with Gasteiger partial charge in [0.15, 0.2) is 0 Å².